The first-order valence-electron chi connectivity index (χ1n) is 6.41. The van der Waals surface area contributed by atoms with E-state index >= 15 is 0 Å². The van der Waals surface area contributed by atoms with Gasteiger partial charge in [-0.1, -0.05) is 48.5 Å². The number of carbonyl (C=O) groups excluding carboxylic acids is 1. The van der Waals surface area contributed by atoms with E-state index in [1.807, 2.05) is 36.4 Å². The van der Waals surface area contributed by atoms with Crippen LogP contribution >= 0.6 is 0 Å². The zero-order valence-corrected chi connectivity index (χ0v) is 10.5. The van der Waals surface area contributed by atoms with Gasteiger partial charge in [0, 0.05) is 12.0 Å². The lowest BCUT2D eigenvalue weighted by Gasteiger charge is -2.06. The second kappa shape index (κ2) is 5.14. The largest absolute Gasteiger partial charge is 0.412 e. The Labute approximate surface area is 112 Å². The standard InChI is InChI=1S/C16H15NO2/c18-16(19-13-9-5-2-6-10-13)17-15-11-14(15)12-7-3-1-4-8-12/h1-10,14-15H,11H2,(H,17,18)/t14-,15?/m1/s1. The Morgan fingerprint density at radius 2 is 1.63 bits per heavy atom. The molecule has 1 fully saturated rings. The number of carbonyl (C=O) groups is 1. The van der Waals surface area contributed by atoms with E-state index in [4.69, 9.17) is 4.74 Å². The summed E-state index contributed by atoms with van der Waals surface area (Å²) in [5, 5.41) is 2.89. The average molecular weight is 253 g/mol. The Balaban J connectivity index is 1.52. The van der Waals surface area contributed by atoms with Crippen molar-refractivity contribution < 1.29 is 9.53 Å². The molecule has 1 saturated carbocycles. The third kappa shape index (κ3) is 2.94. The van der Waals surface area contributed by atoms with Gasteiger partial charge in [0.1, 0.15) is 5.75 Å². The Hall–Kier alpha value is -2.29. The molecule has 1 aliphatic carbocycles. The Morgan fingerprint density at radius 3 is 2.32 bits per heavy atom. The van der Waals surface area contributed by atoms with E-state index in [0.717, 1.165) is 6.42 Å². The summed E-state index contributed by atoms with van der Waals surface area (Å²) < 4.78 is 5.20. The second-order valence-corrected chi connectivity index (χ2v) is 4.71. The number of hydrogen-bond acceptors (Lipinski definition) is 2. The predicted octanol–water partition coefficient (Wildman–Crippen LogP) is 3.33. The molecule has 2 aromatic rings. The maximum atomic E-state index is 11.7. The molecule has 2 atom stereocenters. The van der Waals surface area contributed by atoms with E-state index in [2.05, 4.69) is 17.4 Å². The fourth-order valence-electron chi connectivity index (χ4n) is 2.20. The van der Waals surface area contributed by atoms with Crippen LogP contribution < -0.4 is 10.1 Å². The molecule has 3 heteroatoms. The van der Waals surface area contributed by atoms with Gasteiger partial charge in [0.15, 0.2) is 0 Å². The van der Waals surface area contributed by atoms with Crippen LogP contribution in [0.1, 0.15) is 17.9 Å². The van der Waals surface area contributed by atoms with Crippen molar-refractivity contribution in [3.05, 3.63) is 66.2 Å². The van der Waals surface area contributed by atoms with Gasteiger partial charge in [-0.15, -0.1) is 0 Å². The van der Waals surface area contributed by atoms with Gasteiger partial charge < -0.3 is 10.1 Å². The number of nitrogens with one attached hydrogen (secondary N) is 1. The summed E-state index contributed by atoms with van der Waals surface area (Å²) in [7, 11) is 0. The summed E-state index contributed by atoms with van der Waals surface area (Å²) in [5.74, 6) is 0.987. The summed E-state index contributed by atoms with van der Waals surface area (Å²) in [6, 6.07) is 19.5. The summed E-state index contributed by atoms with van der Waals surface area (Å²) in [6.45, 7) is 0. The molecule has 0 aromatic heterocycles. The van der Waals surface area contributed by atoms with E-state index in [1.165, 1.54) is 5.56 Å². The number of para-hydroxylation sites is 1. The quantitative estimate of drug-likeness (QED) is 0.911. The van der Waals surface area contributed by atoms with E-state index < -0.39 is 0 Å². The minimum atomic E-state index is -0.380. The normalized spacial score (nSPS) is 20.6. The second-order valence-electron chi connectivity index (χ2n) is 4.71. The topological polar surface area (TPSA) is 38.3 Å². The molecule has 0 bridgehead atoms. The van der Waals surface area contributed by atoms with Crippen molar-refractivity contribution in [3.8, 4) is 5.75 Å². The van der Waals surface area contributed by atoms with Crippen LogP contribution in [0.2, 0.25) is 0 Å². The van der Waals surface area contributed by atoms with Gasteiger partial charge in [-0.05, 0) is 24.1 Å². The lowest BCUT2D eigenvalue weighted by Crippen LogP contribution is -2.29. The highest BCUT2D eigenvalue weighted by Gasteiger charge is 2.39. The van der Waals surface area contributed by atoms with Crippen LogP contribution in [0.3, 0.4) is 0 Å². The molecule has 96 valence electrons. The fourth-order valence-corrected chi connectivity index (χ4v) is 2.20. The van der Waals surface area contributed by atoms with Crippen LogP contribution in [-0.2, 0) is 0 Å². The monoisotopic (exact) mass is 253 g/mol. The third-order valence-corrected chi connectivity index (χ3v) is 3.28. The lowest BCUT2D eigenvalue weighted by molar-refractivity contribution is 0.200. The first-order chi connectivity index (χ1) is 9.33. The molecule has 1 unspecified atom stereocenters. The molecule has 0 aliphatic heterocycles. The zero-order valence-electron chi connectivity index (χ0n) is 10.5. The van der Waals surface area contributed by atoms with Gasteiger partial charge in [-0.3, -0.25) is 0 Å². The van der Waals surface area contributed by atoms with Crippen LogP contribution in [0.25, 0.3) is 0 Å². The first-order valence-corrected chi connectivity index (χ1v) is 6.41. The van der Waals surface area contributed by atoms with Crippen molar-refractivity contribution in [1.29, 1.82) is 0 Å². The molecule has 1 amide bonds. The van der Waals surface area contributed by atoms with Gasteiger partial charge in [0.2, 0.25) is 0 Å². The van der Waals surface area contributed by atoms with E-state index in [1.54, 1.807) is 12.1 Å². The number of hydrogen-bond donors (Lipinski definition) is 1. The first kappa shape index (κ1) is 11.8. The van der Waals surface area contributed by atoms with Crippen molar-refractivity contribution in [2.75, 3.05) is 0 Å². The molecule has 1 aliphatic rings. The minimum absolute atomic E-state index is 0.193. The highest BCUT2D eigenvalue weighted by Crippen LogP contribution is 2.40. The van der Waals surface area contributed by atoms with E-state index in [9.17, 15) is 4.79 Å². The van der Waals surface area contributed by atoms with Crippen LogP contribution in [-0.4, -0.2) is 12.1 Å². The van der Waals surface area contributed by atoms with Gasteiger partial charge in [0.05, 0.1) is 0 Å². The van der Waals surface area contributed by atoms with Crippen LogP contribution in [0.5, 0.6) is 5.75 Å². The smallest absolute Gasteiger partial charge is 0.410 e. The maximum Gasteiger partial charge on any atom is 0.412 e. The maximum absolute atomic E-state index is 11.7. The average Bonchev–Trinajstić information content (AvgIpc) is 3.20. The number of benzene rings is 2. The predicted molar refractivity (Wildman–Crippen MR) is 73.2 cm³/mol. The zero-order chi connectivity index (χ0) is 13.1. The molecule has 0 radical (unpaired) electrons. The number of ether oxygens (including phenoxy) is 1. The third-order valence-electron chi connectivity index (χ3n) is 3.28. The molecule has 19 heavy (non-hydrogen) atoms. The van der Waals surface area contributed by atoms with Crippen molar-refractivity contribution in [2.45, 2.75) is 18.4 Å². The SMILES string of the molecule is O=C(NC1C[C@@H]1c1ccccc1)Oc1ccccc1. The number of amides is 1. The van der Waals surface area contributed by atoms with E-state index in [0.29, 0.717) is 11.7 Å². The van der Waals surface area contributed by atoms with Crippen molar-refractivity contribution in [1.82, 2.24) is 5.32 Å². The molecular weight excluding hydrogens is 238 g/mol. The lowest BCUT2D eigenvalue weighted by atomic mass is 10.1. The fraction of sp³-hybridized carbons (Fsp3) is 0.188. The molecule has 3 rings (SSSR count). The molecular formula is C16H15NO2. The van der Waals surface area contributed by atoms with Crippen LogP contribution in [0, 0.1) is 0 Å². The van der Waals surface area contributed by atoms with Gasteiger partial charge in [0.25, 0.3) is 0 Å². The van der Waals surface area contributed by atoms with Crippen molar-refractivity contribution in [2.24, 2.45) is 0 Å². The Morgan fingerprint density at radius 1 is 1.00 bits per heavy atom. The molecule has 3 nitrogen and oxygen atoms in total. The summed E-state index contributed by atoms with van der Waals surface area (Å²) in [6.07, 6.45) is 0.600. The molecule has 1 N–H and O–H groups in total. The summed E-state index contributed by atoms with van der Waals surface area (Å²) in [4.78, 5) is 11.7. The molecule has 0 saturated heterocycles. The van der Waals surface area contributed by atoms with Gasteiger partial charge in [-0.2, -0.15) is 0 Å². The number of rotatable bonds is 3. The minimum Gasteiger partial charge on any atom is -0.410 e. The van der Waals surface area contributed by atoms with Gasteiger partial charge in [-0.25, -0.2) is 4.79 Å². The van der Waals surface area contributed by atoms with Crippen molar-refractivity contribution in [3.63, 3.8) is 0 Å². The summed E-state index contributed by atoms with van der Waals surface area (Å²) >= 11 is 0. The molecule has 0 spiro atoms. The van der Waals surface area contributed by atoms with Crippen LogP contribution in [0.15, 0.2) is 60.7 Å². The highest BCUT2D eigenvalue weighted by atomic mass is 16.6. The van der Waals surface area contributed by atoms with Crippen molar-refractivity contribution >= 4 is 6.09 Å². The molecule has 0 heterocycles. The van der Waals surface area contributed by atoms with Crippen LogP contribution in [0.4, 0.5) is 4.79 Å². The Bertz CT molecular complexity index is 553. The Kier molecular flexibility index (Phi) is 3.19. The van der Waals surface area contributed by atoms with E-state index in [-0.39, 0.29) is 12.1 Å². The van der Waals surface area contributed by atoms with Gasteiger partial charge >= 0.3 is 6.09 Å². The summed E-state index contributed by atoms with van der Waals surface area (Å²) in [5.41, 5.74) is 1.27. The molecule has 2 aromatic carbocycles. The highest BCUT2D eigenvalue weighted by molar-refractivity contribution is 5.71.